The van der Waals surface area contributed by atoms with Crippen molar-refractivity contribution >= 4 is 23.9 Å². The van der Waals surface area contributed by atoms with Crippen LogP contribution in [0.2, 0.25) is 0 Å². The second-order valence-corrected chi connectivity index (χ2v) is 6.65. The first-order valence-corrected chi connectivity index (χ1v) is 9.10. The summed E-state index contributed by atoms with van der Waals surface area (Å²) in [5, 5.41) is 6.42. The van der Waals surface area contributed by atoms with E-state index in [2.05, 4.69) is 16.1 Å². The van der Waals surface area contributed by atoms with E-state index in [1.807, 2.05) is 0 Å². The Morgan fingerprint density at radius 1 is 1.19 bits per heavy atom. The Bertz CT molecular complexity index is 554. The number of rotatable bonds is 7. The van der Waals surface area contributed by atoms with Gasteiger partial charge in [0.25, 0.3) is 5.91 Å². The van der Waals surface area contributed by atoms with Crippen molar-refractivity contribution in [2.24, 2.45) is 5.92 Å². The molecule has 1 heterocycles. The van der Waals surface area contributed by atoms with Crippen LogP contribution in [-0.4, -0.2) is 67.3 Å². The Hall–Kier alpha value is -2.36. The minimum absolute atomic E-state index is 0.190. The van der Waals surface area contributed by atoms with Crippen LogP contribution in [0.5, 0.6) is 0 Å². The number of amides is 3. The lowest BCUT2D eigenvalue weighted by Crippen LogP contribution is -2.60. The zero-order valence-electron chi connectivity index (χ0n) is 16.5. The summed E-state index contributed by atoms with van der Waals surface area (Å²) in [6.45, 7) is 7.37. The minimum atomic E-state index is -0.841. The van der Waals surface area contributed by atoms with E-state index in [1.54, 1.807) is 27.7 Å². The smallest absolute Gasteiger partial charge is 0.407 e. The highest BCUT2D eigenvalue weighted by atomic mass is 16.5. The topological polar surface area (TPSA) is 126 Å². The highest BCUT2D eigenvalue weighted by Crippen LogP contribution is 2.10. The predicted molar refractivity (Wildman–Crippen MR) is 96.3 cm³/mol. The summed E-state index contributed by atoms with van der Waals surface area (Å²) in [6, 6.07) is -2.27. The number of alkyl carbamates (subject to hydrolysis) is 1. The standard InChI is InChI=1S/C17H30N4O6/c1-6-27-17(25)19-13(10(2)3)14(22)18-11(4)15(23)21-9-7-8-12(20-21)16(24)26-5/h10-13,20H,6-9H2,1-5H3,(H,18,22)(H,19,25)/t11-,12-,13-/m0/s1. The number of carbonyl (C=O) groups excluding carboxylic acids is 4. The molecule has 1 aliphatic heterocycles. The second-order valence-electron chi connectivity index (χ2n) is 6.65. The number of nitrogens with zero attached hydrogens (tertiary/aromatic N) is 1. The summed E-state index contributed by atoms with van der Waals surface area (Å²) in [7, 11) is 1.29. The van der Waals surface area contributed by atoms with Crippen molar-refractivity contribution in [1.29, 1.82) is 0 Å². The largest absolute Gasteiger partial charge is 0.468 e. The maximum atomic E-state index is 12.6. The average molecular weight is 386 g/mol. The molecule has 0 aromatic heterocycles. The summed E-state index contributed by atoms with van der Waals surface area (Å²) < 4.78 is 9.50. The number of hydrogen-bond acceptors (Lipinski definition) is 7. The van der Waals surface area contributed by atoms with Crippen LogP contribution in [0, 0.1) is 5.92 Å². The van der Waals surface area contributed by atoms with E-state index < -0.39 is 36.1 Å². The lowest BCUT2D eigenvalue weighted by molar-refractivity contribution is -0.150. The number of hydrazine groups is 1. The number of methoxy groups -OCH3 is 1. The molecule has 3 N–H and O–H groups in total. The fraction of sp³-hybridized carbons (Fsp3) is 0.765. The van der Waals surface area contributed by atoms with Gasteiger partial charge in [-0.25, -0.2) is 10.2 Å². The van der Waals surface area contributed by atoms with Crippen molar-refractivity contribution in [2.75, 3.05) is 20.3 Å². The Kier molecular flexibility index (Phi) is 8.99. The molecule has 3 atom stereocenters. The summed E-state index contributed by atoms with van der Waals surface area (Å²) >= 11 is 0. The molecule has 1 saturated heterocycles. The molecule has 1 fully saturated rings. The van der Waals surface area contributed by atoms with Gasteiger partial charge in [-0.2, -0.15) is 0 Å². The van der Waals surface area contributed by atoms with Crippen LogP contribution < -0.4 is 16.1 Å². The summed E-state index contributed by atoms with van der Waals surface area (Å²) in [6.07, 6.45) is 0.512. The van der Waals surface area contributed by atoms with Gasteiger partial charge in [-0.05, 0) is 32.6 Å². The van der Waals surface area contributed by atoms with Gasteiger partial charge in [0, 0.05) is 6.54 Å². The average Bonchev–Trinajstić information content (AvgIpc) is 2.64. The van der Waals surface area contributed by atoms with Crippen LogP contribution >= 0.6 is 0 Å². The molecule has 0 aromatic carbocycles. The lowest BCUT2D eigenvalue weighted by atomic mass is 10.0. The Morgan fingerprint density at radius 2 is 1.85 bits per heavy atom. The molecular weight excluding hydrogens is 356 g/mol. The van der Waals surface area contributed by atoms with Gasteiger partial charge in [0.2, 0.25) is 5.91 Å². The van der Waals surface area contributed by atoms with Gasteiger partial charge < -0.3 is 20.1 Å². The van der Waals surface area contributed by atoms with E-state index in [4.69, 9.17) is 9.47 Å². The van der Waals surface area contributed by atoms with Crippen molar-refractivity contribution in [3.8, 4) is 0 Å². The first-order valence-electron chi connectivity index (χ1n) is 9.10. The van der Waals surface area contributed by atoms with Crippen molar-refractivity contribution in [3.05, 3.63) is 0 Å². The third-order valence-electron chi connectivity index (χ3n) is 4.17. The zero-order valence-corrected chi connectivity index (χ0v) is 16.5. The van der Waals surface area contributed by atoms with Gasteiger partial charge >= 0.3 is 12.1 Å². The molecule has 1 rings (SSSR count). The summed E-state index contributed by atoms with van der Waals surface area (Å²) in [4.78, 5) is 48.4. The summed E-state index contributed by atoms with van der Waals surface area (Å²) in [5.74, 6) is -1.51. The molecule has 0 aliphatic carbocycles. The highest BCUT2D eigenvalue weighted by molar-refractivity contribution is 5.91. The Morgan fingerprint density at radius 3 is 2.41 bits per heavy atom. The molecule has 0 radical (unpaired) electrons. The van der Waals surface area contributed by atoms with Crippen LogP contribution in [0.15, 0.2) is 0 Å². The third kappa shape index (κ3) is 6.70. The van der Waals surface area contributed by atoms with E-state index in [9.17, 15) is 19.2 Å². The molecule has 0 unspecified atom stereocenters. The number of carbonyl (C=O) groups is 4. The van der Waals surface area contributed by atoms with Crippen LogP contribution in [0.25, 0.3) is 0 Å². The minimum Gasteiger partial charge on any atom is -0.468 e. The van der Waals surface area contributed by atoms with Gasteiger partial charge in [0.05, 0.1) is 13.7 Å². The number of hydrogen-bond donors (Lipinski definition) is 3. The van der Waals surface area contributed by atoms with E-state index in [0.717, 1.165) is 0 Å². The first kappa shape index (κ1) is 22.7. The SMILES string of the molecule is CCOC(=O)N[C@H](C(=O)N[C@@H](C)C(=O)N1CCC[C@@H](C(=O)OC)N1)C(C)C. The maximum Gasteiger partial charge on any atom is 0.407 e. The summed E-state index contributed by atoms with van der Waals surface area (Å²) in [5.41, 5.74) is 2.83. The van der Waals surface area contributed by atoms with Crippen LogP contribution in [-0.2, 0) is 23.9 Å². The normalized spacial score (nSPS) is 19.0. The van der Waals surface area contributed by atoms with Crippen LogP contribution in [0.4, 0.5) is 4.79 Å². The zero-order chi connectivity index (χ0) is 20.6. The molecule has 3 amide bonds. The highest BCUT2D eigenvalue weighted by Gasteiger charge is 2.32. The van der Waals surface area contributed by atoms with Gasteiger partial charge in [0.1, 0.15) is 18.1 Å². The third-order valence-corrected chi connectivity index (χ3v) is 4.17. The molecule has 10 heteroatoms. The number of ether oxygens (including phenoxy) is 2. The Labute approximate surface area is 159 Å². The molecule has 1 aliphatic rings. The fourth-order valence-electron chi connectivity index (χ4n) is 2.69. The molecule has 27 heavy (non-hydrogen) atoms. The van der Waals surface area contributed by atoms with Crippen molar-refractivity contribution < 1.29 is 28.7 Å². The number of nitrogens with one attached hydrogen (secondary N) is 3. The number of esters is 1. The molecule has 0 aromatic rings. The van der Waals surface area contributed by atoms with Gasteiger partial charge in [-0.3, -0.25) is 19.4 Å². The maximum absolute atomic E-state index is 12.6. The second kappa shape index (κ2) is 10.7. The van der Waals surface area contributed by atoms with Gasteiger partial charge in [-0.1, -0.05) is 13.8 Å². The first-order chi connectivity index (χ1) is 12.7. The van der Waals surface area contributed by atoms with Gasteiger partial charge in [-0.15, -0.1) is 0 Å². The molecule has 0 saturated carbocycles. The molecule has 0 bridgehead atoms. The fourth-order valence-corrected chi connectivity index (χ4v) is 2.69. The quantitative estimate of drug-likeness (QED) is 0.523. The lowest BCUT2D eigenvalue weighted by Gasteiger charge is -2.34. The van der Waals surface area contributed by atoms with Crippen LogP contribution in [0.1, 0.15) is 40.5 Å². The molecule has 0 spiro atoms. The predicted octanol–water partition coefficient (Wildman–Crippen LogP) is -0.0696. The monoisotopic (exact) mass is 386 g/mol. The van der Waals surface area contributed by atoms with E-state index >= 15 is 0 Å². The van der Waals surface area contributed by atoms with Crippen molar-refractivity contribution in [1.82, 2.24) is 21.1 Å². The Balaban J connectivity index is 2.67. The van der Waals surface area contributed by atoms with Crippen molar-refractivity contribution in [2.45, 2.75) is 58.7 Å². The van der Waals surface area contributed by atoms with E-state index in [-0.39, 0.29) is 18.4 Å². The molecular formula is C17H30N4O6. The van der Waals surface area contributed by atoms with Crippen molar-refractivity contribution in [3.63, 3.8) is 0 Å². The molecule has 10 nitrogen and oxygen atoms in total. The van der Waals surface area contributed by atoms with E-state index in [1.165, 1.54) is 12.1 Å². The van der Waals surface area contributed by atoms with E-state index in [0.29, 0.717) is 19.4 Å². The van der Waals surface area contributed by atoms with Gasteiger partial charge in [0.15, 0.2) is 0 Å². The van der Waals surface area contributed by atoms with Crippen LogP contribution in [0.3, 0.4) is 0 Å². The molecule has 154 valence electrons.